The van der Waals surface area contributed by atoms with Crippen molar-refractivity contribution in [2.24, 2.45) is 0 Å². The van der Waals surface area contributed by atoms with Gasteiger partial charge in [0.1, 0.15) is 0 Å². The van der Waals surface area contributed by atoms with Gasteiger partial charge in [-0.3, -0.25) is 0 Å². The van der Waals surface area contributed by atoms with Gasteiger partial charge in [-0.1, -0.05) is 146 Å². The topological polar surface area (TPSA) is 31.6 Å². The summed E-state index contributed by atoms with van der Waals surface area (Å²) in [6.07, 6.45) is 0. The van der Waals surface area contributed by atoms with Crippen molar-refractivity contribution in [2.75, 3.05) is 0 Å². The summed E-state index contributed by atoms with van der Waals surface area (Å²) in [4.78, 5) is 7.69. The number of hydrogen-bond donors (Lipinski definition) is 2. The number of aryl methyl sites for hydroxylation is 1. The van der Waals surface area contributed by atoms with Gasteiger partial charge in [0.05, 0.1) is 11.0 Å². The van der Waals surface area contributed by atoms with E-state index in [0.29, 0.717) is 0 Å². The Bertz CT molecular complexity index is 3210. The fourth-order valence-electron chi connectivity index (χ4n) is 8.82. The first-order valence-electron chi connectivity index (χ1n) is 17.7. The lowest BCUT2D eigenvalue weighted by Crippen LogP contribution is -1.96. The molecule has 9 aromatic carbocycles. The molecule has 2 nitrogen and oxygen atoms in total. The van der Waals surface area contributed by atoms with Crippen LogP contribution in [0.4, 0.5) is 0 Å². The first-order chi connectivity index (χ1) is 25.2. The molecule has 0 spiro atoms. The Labute approximate surface area is 294 Å². The van der Waals surface area contributed by atoms with Crippen LogP contribution in [0.3, 0.4) is 0 Å². The molecule has 2 heteroatoms. The van der Waals surface area contributed by atoms with Crippen LogP contribution in [0.15, 0.2) is 164 Å². The number of H-pyrrole nitrogens is 2. The van der Waals surface area contributed by atoms with E-state index in [0.717, 1.165) is 11.0 Å². The molecular formula is C49H32N2. The first-order valence-corrected chi connectivity index (χ1v) is 17.7. The standard InChI is InChI=1S/C49H32N2/c1-29-24-27-39-45(40-20-10-18-37-33-14-6-8-22-42(33)50-48(37)40)35-16-4-5-17-36(35)46(41-21-11-19-38-34-15-7-9-23-43(34)51-49(38)41)47(39)44(29)32-26-25-30-12-2-3-13-31(30)28-32/h2-28,50-51H,1H3. The summed E-state index contributed by atoms with van der Waals surface area (Å²) in [5, 5.41) is 12.5. The fraction of sp³-hybridized carbons (Fsp3) is 0.0204. The Balaban J connectivity index is 1.37. The van der Waals surface area contributed by atoms with Crippen LogP contribution in [-0.4, -0.2) is 9.97 Å². The zero-order valence-electron chi connectivity index (χ0n) is 28.1. The highest BCUT2D eigenvalue weighted by molar-refractivity contribution is 6.29. The highest BCUT2D eigenvalue weighted by Crippen LogP contribution is 2.50. The normalized spacial score (nSPS) is 12.0. The maximum Gasteiger partial charge on any atom is 0.0544 e. The Morgan fingerprint density at radius 1 is 0.353 bits per heavy atom. The molecule has 51 heavy (non-hydrogen) atoms. The number of para-hydroxylation sites is 4. The second-order valence-electron chi connectivity index (χ2n) is 13.8. The van der Waals surface area contributed by atoms with Crippen molar-refractivity contribution in [3.05, 3.63) is 169 Å². The highest BCUT2D eigenvalue weighted by atomic mass is 14.7. The van der Waals surface area contributed by atoms with E-state index in [2.05, 4.69) is 181 Å². The van der Waals surface area contributed by atoms with E-state index in [1.165, 1.54) is 104 Å². The molecule has 2 aromatic heterocycles. The number of hydrogen-bond acceptors (Lipinski definition) is 0. The fourth-order valence-corrected chi connectivity index (χ4v) is 8.82. The van der Waals surface area contributed by atoms with Crippen molar-refractivity contribution in [1.82, 2.24) is 9.97 Å². The van der Waals surface area contributed by atoms with Crippen LogP contribution < -0.4 is 0 Å². The van der Waals surface area contributed by atoms with Gasteiger partial charge in [-0.25, -0.2) is 0 Å². The minimum atomic E-state index is 1.15. The van der Waals surface area contributed by atoms with Crippen LogP contribution in [0, 0.1) is 6.92 Å². The van der Waals surface area contributed by atoms with Crippen LogP contribution in [0.1, 0.15) is 5.56 Å². The predicted molar refractivity (Wildman–Crippen MR) is 219 cm³/mol. The lowest BCUT2D eigenvalue weighted by molar-refractivity contribution is 1.49. The van der Waals surface area contributed by atoms with Crippen LogP contribution in [0.25, 0.3) is 109 Å². The molecule has 0 amide bonds. The monoisotopic (exact) mass is 648 g/mol. The molecule has 0 bridgehead atoms. The number of benzene rings is 9. The first kappa shape index (κ1) is 28.2. The van der Waals surface area contributed by atoms with Crippen molar-refractivity contribution in [3.8, 4) is 33.4 Å². The molecule has 0 saturated carbocycles. The molecule has 238 valence electrons. The lowest BCUT2D eigenvalue weighted by atomic mass is 9.81. The van der Waals surface area contributed by atoms with Gasteiger partial charge in [-0.15, -0.1) is 0 Å². The molecule has 0 atom stereocenters. The van der Waals surface area contributed by atoms with Gasteiger partial charge >= 0.3 is 0 Å². The van der Waals surface area contributed by atoms with E-state index >= 15 is 0 Å². The zero-order valence-corrected chi connectivity index (χ0v) is 28.1. The molecule has 11 rings (SSSR count). The molecule has 11 aromatic rings. The highest BCUT2D eigenvalue weighted by Gasteiger charge is 2.24. The second-order valence-corrected chi connectivity index (χ2v) is 13.8. The molecular weight excluding hydrogens is 617 g/mol. The van der Waals surface area contributed by atoms with Crippen molar-refractivity contribution in [1.29, 1.82) is 0 Å². The Kier molecular flexibility index (Phi) is 5.91. The van der Waals surface area contributed by atoms with Crippen LogP contribution in [-0.2, 0) is 0 Å². The Morgan fingerprint density at radius 3 is 1.55 bits per heavy atom. The van der Waals surface area contributed by atoms with Crippen molar-refractivity contribution >= 4 is 75.9 Å². The molecule has 0 saturated heterocycles. The number of fused-ring (bicyclic) bond motifs is 9. The summed E-state index contributed by atoms with van der Waals surface area (Å²) in [5.41, 5.74) is 13.4. The summed E-state index contributed by atoms with van der Waals surface area (Å²) < 4.78 is 0. The maximum absolute atomic E-state index is 3.85. The van der Waals surface area contributed by atoms with Gasteiger partial charge in [-0.05, 0) is 79.7 Å². The average Bonchev–Trinajstić information content (AvgIpc) is 3.76. The Hall–Kier alpha value is -6.64. The van der Waals surface area contributed by atoms with Crippen molar-refractivity contribution < 1.29 is 0 Å². The molecule has 0 fully saturated rings. The van der Waals surface area contributed by atoms with Gasteiger partial charge in [0.15, 0.2) is 0 Å². The molecule has 0 radical (unpaired) electrons. The summed E-state index contributed by atoms with van der Waals surface area (Å²) in [6, 6.07) is 60.2. The Morgan fingerprint density at radius 2 is 0.882 bits per heavy atom. The van der Waals surface area contributed by atoms with Crippen molar-refractivity contribution in [2.45, 2.75) is 6.92 Å². The van der Waals surface area contributed by atoms with E-state index in [9.17, 15) is 0 Å². The van der Waals surface area contributed by atoms with Crippen LogP contribution in [0.2, 0.25) is 0 Å². The number of aromatic amines is 2. The number of aromatic nitrogens is 2. The lowest BCUT2D eigenvalue weighted by Gasteiger charge is -2.22. The van der Waals surface area contributed by atoms with Gasteiger partial charge in [-0.2, -0.15) is 0 Å². The summed E-state index contributed by atoms with van der Waals surface area (Å²) in [7, 11) is 0. The third-order valence-corrected chi connectivity index (χ3v) is 11.1. The van der Waals surface area contributed by atoms with E-state index in [1.54, 1.807) is 0 Å². The minimum absolute atomic E-state index is 1.15. The van der Waals surface area contributed by atoms with Gasteiger partial charge in [0, 0.05) is 49.3 Å². The van der Waals surface area contributed by atoms with Gasteiger partial charge in [0.2, 0.25) is 0 Å². The van der Waals surface area contributed by atoms with Gasteiger partial charge < -0.3 is 9.97 Å². The quantitative estimate of drug-likeness (QED) is 0.179. The summed E-state index contributed by atoms with van der Waals surface area (Å²) >= 11 is 0. The predicted octanol–water partition coefficient (Wildman–Crippen LogP) is 13.7. The smallest absolute Gasteiger partial charge is 0.0544 e. The van der Waals surface area contributed by atoms with E-state index in [-0.39, 0.29) is 0 Å². The molecule has 0 aliphatic heterocycles. The third-order valence-electron chi connectivity index (χ3n) is 11.1. The molecule has 0 unspecified atom stereocenters. The van der Waals surface area contributed by atoms with E-state index in [4.69, 9.17) is 0 Å². The largest absolute Gasteiger partial charge is 0.354 e. The molecule has 0 aliphatic carbocycles. The third kappa shape index (κ3) is 4.05. The van der Waals surface area contributed by atoms with Crippen LogP contribution >= 0.6 is 0 Å². The minimum Gasteiger partial charge on any atom is -0.354 e. The maximum atomic E-state index is 3.85. The van der Waals surface area contributed by atoms with E-state index in [1.807, 2.05) is 0 Å². The molecule has 2 N–H and O–H groups in total. The molecule has 2 heterocycles. The summed E-state index contributed by atoms with van der Waals surface area (Å²) in [6.45, 7) is 2.27. The number of rotatable bonds is 3. The van der Waals surface area contributed by atoms with Crippen molar-refractivity contribution in [3.63, 3.8) is 0 Å². The van der Waals surface area contributed by atoms with E-state index < -0.39 is 0 Å². The second kappa shape index (κ2) is 10.7. The zero-order chi connectivity index (χ0) is 33.6. The van der Waals surface area contributed by atoms with Crippen LogP contribution in [0.5, 0.6) is 0 Å². The average molecular weight is 649 g/mol. The SMILES string of the molecule is Cc1ccc2c(-c3cccc4c3[nH]c3ccccc34)c3ccccc3c(-c3cccc4c3[nH]c3ccccc34)c2c1-c1ccc2ccccc2c1. The molecule has 0 aliphatic rings. The summed E-state index contributed by atoms with van der Waals surface area (Å²) in [5.74, 6) is 0. The van der Waals surface area contributed by atoms with Gasteiger partial charge in [0.25, 0.3) is 0 Å². The number of nitrogens with one attached hydrogen (secondary N) is 2.